The molecule has 0 saturated carbocycles. The van der Waals surface area contributed by atoms with Crippen LogP contribution in [0.15, 0.2) is 42.5 Å². The van der Waals surface area contributed by atoms with Gasteiger partial charge in [0, 0.05) is 11.9 Å². The van der Waals surface area contributed by atoms with E-state index < -0.39 is 5.97 Å². The Balaban J connectivity index is 2.16. The first-order valence-corrected chi connectivity index (χ1v) is 7.21. The van der Waals surface area contributed by atoms with Crippen LogP contribution in [0.4, 0.5) is 0 Å². The molecule has 3 rings (SSSR count). The number of nitrogens with zero attached hydrogens (tertiary/aromatic N) is 1. The average molecular weight is 336 g/mol. The van der Waals surface area contributed by atoms with Crippen LogP contribution in [0.2, 0.25) is 10.0 Å². The van der Waals surface area contributed by atoms with Crippen LogP contribution < -0.4 is 0 Å². The lowest BCUT2D eigenvalue weighted by Gasteiger charge is -2.09. The molecule has 3 aromatic rings. The van der Waals surface area contributed by atoms with Gasteiger partial charge in [-0.3, -0.25) is 0 Å². The van der Waals surface area contributed by atoms with Crippen LogP contribution in [0.5, 0.6) is 5.75 Å². The first kappa shape index (κ1) is 14.8. The molecule has 4 nitrogen and oxygen atoms in total. The summed E-state index contributed by atoms with van der Waals surface area (Å²) in [5.74, 6) is -1.01. The molecule has 1 heterocycles. The third-order valence-corrected chi connectivity index (χ3v) is 4.21. The summed E-state index contributed by atoms with van der Waals surface area (Å²) in [5, 5.41) is 20.6. The number of hydrogen-bond donors (Lipinski definition) is 2. The number of aromatic nitrogens is 1. The Morgan fingerprint density at radius 3 is 2.55 bits per heavy atom. The van der Waals surface area contributed by atoms with E-state index in [9.17, 15) is 15.0 Å². The van der Waals surface area contributed by atoms with E-state index in [0.29, 0.717) is 27.5 Å². The van der Waals surface area contributed by atoms with E-state index in [1.165, 1.54) is 12.1 Å². The number of hydrogen-bond acceptors (Lipinski definition) is 2. The van der Waals surface area contributed by atoms with Gasteiger partial charge in [-0.1, -0.05) is 35.3 Å². The zero-order chi connectivity index (χ0) is 15.9. The Morgan fingerprint density at radius 1 is 1.09 bits per heavy atom. The molecule has 0 aliphatic carbocycles. The van der Waals surface area contributed by atoms with Crippen molar-refractivity contribution in [3.05, 3.63) is 63.8 Å². The highest BCUT2D eigenvalue weighted by Crippen LogP contribution is 2.29. The summed E-state index contributed by atoms with van der Waals surface area (Å²) in [4.78, 5) is 11.5. The Hall–Kier alpha value is -2.17. The summed E-state index contributed by atoms with van der Waals surface area (Å²) in [5.41, 5.74) is 1.56. The van der Waals surface area contributed by atoms with Crippen molar-refractivity contribution in [1.82, 2.24) is 4.57 Å². The van der Waals surface area contributed by atoms with E-state index in [4.69, 9.17) is 23.2 Å². The SMILES string of the molecule is O=C(O)c1cc2c(O)cccc2n1Cc1ccc(Cl)c(Cl)c1. The Bertz CT molecular complexity index is 886. The standard InChI is InChI=1S/C16H11Cl2NO3/c17-11-5-4-9(6-12(11)18)8-19-13-2-1-3-15(20)10(13)7-14(19)16(21)22/h1-7,20H,8H2,(H,21,22). The average Bonchev–Trinajstić information content (AvgIpc) is 2.84. The first-order valence-electron chi connectivity index (χ1n) is 6.46. The normalized spacial score (nSPS) is 11.0. The van der Waals surface area contributed by atoms with Gasteiger partial charge in [0.25, 0.3) is 0 Å². The number of aromatic carboxylic acids is 1. The molecule has 22 heavy (non-hydrogen) atoms. The van der Waals surface area contributed by atoms with Gasteiger partial charge in [0.05, 0.1) is 15.6 Å². The van der Waals surface area contributed by atoms with Crippen molar-refractivity contribution in [2.45, 2.75) is 6.54 Å². The fourth-order valence-corrected chi connectivity index (χ4v) is 2.76. The van der Waals surface area contributed by atoms with Gasteiger partial charge >= 0.3 is 5.97 Å². The number of carbonyl (C=O) groups is 1. The molecule has 2 aromatic carbocycles. The summed E-state index contributed by atoms with van der Waals surface area (Å²) in [6.07, 6.45) is 0. The smallest absolute Gasteiger partial charge is 0.352 e. The highest BCUT2D eigenvalue weighted by molar-refractivity contribution is 6.42. The second-order valence-electron chi connectivity index (χ2n) is 4.88. The fraction of sp³-hybridized carbons (Fsp3) is 0.0625. The maximum Gasteiger partial charge on any atom is 0.352 e. The number of fused-ring (bicyclic) bond motifs is 1. The van der Waals surface area contributed by atoms with Gasteiger partial charge in [-0.05, 0) is 35.9 Å². The predicted octanol–water partition coefficient (Wildman–Crippen LogP) is 4.40. The molecule has 0 amide bonds. The third kappa shape index (κ3) is 2.51. The molecular formula is C16H11Cl2NO3. The third-order valence-electron chi connectivity index (χ3n) is 3.47. The van der Waals surface area contributed by atoms with Crippen molar-refractivity contribution in [2.24, 2.45) is 0 Å². The minimum absolute atomic E-state index is 0.0490. The maximum absolute atomic E-state index is 11.5. The van der Waals surface area contributed by atoms with Crippen molar-refractivity contribution in [3.8, 4) is 5.75 Å². The minimum Gasteiger partial charge on any atom is -0.507 e. The summed E-state index contributed by atoms with van der Waals surface area (Å²) in [6, 6.07) is 11.6. The zero-order valence-corrected chi connectivity index (χ0v) is 12.8. The summed E-state index contributed by atoms with van der Waals surface area (Å²) in [6.45, 7) is 0.311. The van der Waals surface area contributed by atoms with E-state index in [2.05, 4.69) is 0 Å². The molecule has 0 unspecified atom stereocenters. The van der Waals surface area contributed by atoms with E-state index in [0.717, 1.165) is 5.56 Å². The lowest BCUT2D eigenvalue weighted by atomic mass is 10.2. The Morgan fingerprint density at radius 2 is 1.86 bits per heavy atom. The molecule has 0 bridgehead atoms. The molecule has 2 N–H and O–H groups in total. The number of phenolic OH excluding ortho intramolecular Hbond substituents is 1. The van der Waals surface area contributed by atoms with Crippen LogP contribution in [0.1, 0.15) is 16.1 Å². The molecule has 0 aliphatic rings. The number of halogens is 2. The van der Waals surface area contributed by atoms with E-state index in [-0.39, 0.29) is 11.4 Å². The zero-order valence-electron chi connectivity index (χ0n) is 11.3. The van der Waals surface area contributed by atoms with Crippen molar-refractivity contribution in [3.63, 3.8) is 0 Å². The van der Waals surface area contributed by atoms with Crippen LogP contribution in [-0.4, -0.2) is 20.7 Å². The number of benzene rings is 2. The van der Waals surface area contributed by atoms with Crippen LogP contribution in [0.3, 0.4) is 0 Å². The van der Waals surface area contributed by atoms with Gasteiger partial charge in [0.15, 0.2) is 0 Å². The largest absolute Gasteiger partial charge is 0.507 e. The van der Waals surface area contributed by atoms with Crippen LogP contribution >= 0.6 is 23.2 Å². The Labute approximate surface area is 136 Å². The van der Waals surface area contributed by atoms with Crippen molar-refractivity contribution in [2.75, 3.05) is 0 Å². The van der Waals surface area contributed by atoms with Crippen molar-refractivity contribution < 1.29 is 15.0 Å². The van der Waals surface area contributed by atoms with Crippen molar-refractivity contribution in [1.29, 1.82) is 0 Å². The molecule has 1 aromatic heterocycles. The number of carboxylic acid groups (broad SMARTS) is 1. The number of carboxylic acids is 1. The molecule has 0 aliphatic heterocycles. The van der Waals surface area contributed by atoms with Crippen LogP contribution in [0.25, 0.3) is 10.9 Å². The molecule has 0 fully saturated rings. The van der Waals surface area contributed by atoms with Gasteiger partial charge in [-0.25, -0.2) is 4.79 Å². The molecule has 0 radical (unpaired) electrons. The predicted molar refractivity (Wildman–Crippen MR) is 86.1 cm³/mol. The first-order chi connectivity index (χ1) is 10.5. The minimum atomic E-state index is -1.06. The second-order valence-corrected chi connectivity index (χ2v) is 5.69. The topological polar surface area (TPSA) is 62.5 Å². The lowest BCUT2D eigenvalue weighted by molar-refractivity contribution is 0.0686. The van der Waals surface area contributed by atoms with Gasteiger partial charge in [0.1, 0.15) is 11.4 Å². The summed E-state index contributed by atoms with van der Waals surface area (Å²) >= 11 is 11.9. The fourth-order valence-electron chi connectivity index (χ4n) is 2.44. The number of rotatable bonds is 3. The quantitative estimate of drug-likeness (QED) is 0.745. The van der Waals surface area contributed by atoms with E-state index in [1.807, 2.05) is 0 Å². The molecule has 0 spiro atoms. The monoisotopic (exact) mass is 335 g/mol. The summed E-state index contributed by atoms with van der Waals surface area (Å²) < 4.78 is 1.62. The van der Waals surface area contributed by atoms with Gasteiger partial charge in [-0.15, -0.1) is 0 Å². The number of phenols is 1. The lowest BCUT2D eigenvalue weighted by Crippen LogP contribution is -2.09. The number of aromatic hydroxyl groups is 1. The second kappa shape index (κ2) is 5.55. The van der Waals surface area contributed by atoms with Crippen molar-refractivity contribution >= 4 is 40.1 Å². The van der Waals surface area contributed by atoms with E-state index >= 15 is 0 Å². The van der Waals surface area contributed by atoms with Gasteiger partial charge in [-0.2, -0.15) is 0 Å². The summed E-state index contributed by atoms with van der Waals surface area (Å²) in [7, 11) is 0. The Kier molecular flexibility index (Phi) is 3.72. The molecule has 112 valence electrons. The van der Waals surface area contributed by atoms with E-state index in [1.54, 1.807) is 34.9 Å². The molecular weight excluding hydrogens is 325 g/mol. The maximum atomic E-state index is 11.5. The van der Waals surface area contributed by atoms with Gasteiger partial charge < -0.3 is 14.8 Å². The van der Waals surface area contributed by atoms with Crippen LogP contribution in [-0.2, 0) is 6.54 Å². The van der Waals surface area contributed by atoms with Crippen LogP contribution in [0, 0.1) is 0 Å². The molecule has 0 saturated heterocycles. The molecule has 6 heteroatoms. The van der Waals surface area contributed by atoms with Gasteiger partial charge in [0.2, 0.25) is 0 Å². The highest BCUT2D eigenvalue weighted by atomic mass is 35.5. The highest BCUT2D eigenvalue weighted by Gasteiger charge is 2.17. The molecule has 0 atom stereocenters.